The van der Waals surface area contributed by atoms with Gasteiger partial charge in [0.2, 0.25) is 5.76 Å². The average Bonchev–Trinajstić information content (AvgIpc) is 3.24. The lowest BCUT2D eigenvalue weighted by atomic mass is 9.95. The molecule has 3 heterocycles. The summed E-state index contributed by atoms with van der Waals surface area (Å²) < 4.78 is 5.43. The second kappa shape index (κ2) is 6.04. The summed E-state index contributed by atoms with van der Waals surface area (Å²) >= 11 is 3.49. The van der Waals surface area contributed by atoms with Gasteiger partial charge >= 0.3 is 0 Å². The Kier molecular flexibility index (Phi) is 3.92. The highest BCUT2D eigenvalue weighted by Gasteiger charge is 2.35. The van der Waals surface area contributed by atoms with Crippen LogP contribution >= 0.6 is 23.1 Å². The van der Waals surface area contributed by atoms with E-state index in [1.165, 1.54) is 0 Å². The molecule has 1 aliphatic carbocycles. The van der Waals surface area contributed by atoms with Crippen molar-refractivity contribution in [3.63, 3.8) is 0 Å². The molecule has 1 unspecified atom stereocenters. The molecule has 22 heavy (non-hydrogen) atoms. The standard InChI is InChI=1S/C15H17N3O2S2/c19-15(13-10-3-1-2-4-11(10)17-20-13)18-6-8-21-9-12(18)14-16-5-7-22-14/h5,7,12H,1-4,6,8-9H2. The fourth-order valence-corrected chi connectivity index (χ4v) is 5.05. The maximum absolute atomic E-state index is 13.0. The van der Waals surface area contributed by atoms with Crippen LogP contribution in [0, 0.1) is 0 Å². The summed E-state index contributed by atoms with van der Waals surface area (Å²) in [5, 5.41) is 7.09. The van der Waals surface area contributed by atoms with Gasteiger partial charge in [-0.1, -0.05) is 5.16 Å². The van der Waals surface area contributed by atoms with Gasteiger partial charge < -0.3 is 9.42 Å². The van der Waals surface area contributed by atoms with Crippen LogP contribution in [0.25, 0.3) is 0 Å². The van der Waals surface area contributed by atoms with Crippen LogP contribution in [0.2, 0.25) is 0 Å². The van der Waals surface area contributed by atoms with E-state index in [1.807, 2.05) is 22.0 Å². The SMILES string of the molecule is O=C(c1onc2c1CCCC2)N1CCSCC1c1nccs1. The Balaban J connectivity index is 1.64. The van der Waals surface area contributed by atoms with E-state index >= 15 is 0 Å². The van der Waals surface area contributed by atoms with Crippen molar-refractivity contribution in [2.24, 2.45) is 0 Å². The van der Waals surface area contributed by atoms with Crippen LogP contribution < -0.4 is 0 Å². The molecule has 4 rings (SSSR count). The van der Waals surface area contributed by atoms with Crippen molar-refractivity contribution in [1.29, 1.82) is 0 Å². The minimum Gasteiger partial charge on any atom is -0.350 e. The number of thioether (sulfide) groups is 1. The molecule has 0 saturated carbocycles. The lowest BCUT2D eigenvalue weighted by Gasteiger charge is -2.33. The number of rotatable bonds is 2. The average molecular weight is 335 g/mol. The van der Waals surface area contributed by atoms with E-state index in [-0.39, 0.29) is 11.9 Å². The molecule has 1 aliphatic heterocycles. The lowest BCUT2D eigenvalue weighted by Crippen LogP contribution is -2.41. The number of aryl methyl sites for hydroxylation is 1. The van der Waals surface area contributed by atoms with Crippen molar-refractivity contribution in [2.45, 2.75) is 31.7 Å². The number of nitrogens with zero attached hydrogens (tertiary/aromatic N) is 3. The van der Waals surface area contributed by atoms with E-state index in [2.05, 4.69) is 10.1 Å². The third kappa shape index (κ3) is 2.46. The molecule has 2 aromatic heterocycles. The number of amides is 1. The molecule has 5 nitrogen and oxygen atoms in total. The fourth-order valence-electron chi connectivity index (χ4n) is 3.14. The second-order valence-corrected chi connectivity index (χ2v) is 7.68. The first-order valence-electron chi connectivity index (χ1n) is 7.60. The van der Waals surface area contributed by atoms with E-state index < -0.39 is 0 Å². The molecule has 1 atom stereocenters. The van der Waals surface area contributed by atoms with Gasteiger partial charge in [-0.2, -0.15) is 11.8 Å². The van der Waals surface area contributed by atoms with Gasteiger partial charge in [0, 0.05) is 35.2 Å². The smallest absolute Gasteiger partial charge is 0.293 e. The third-order valence-corrected chi connectivity index (χ3v) is 6.18. The molecule has 0 bridgehead atoms. The minimum absolute atomic E-state index is 0.0175. The summed E-state index contributed by atoms with van der Waals surface area (Å²) in [6.07, 6.45) is 5.88. The monoisotopic (exact) mass is 335 g/mol. The molecule has 1 saturated heterocycles. The molecule has 116 valence electrons. The van der Waals surface area contributed by atoms with Crippen molar-refractivity contribution < 1.29 is 9.32 Å². The van der Waals surface area contributed by atoms with Crippen LogP contribution in [0.3, 0.4) is 0 Å². The molecule has 2 aromatic rings. The lowest BCUT2D eigenvalue weighted by molar-refractivity contribution is 0.0657. The van der Waals surface area contributed by atoms with Gasteiger partial charge in [0.15, 0.2) is 0 Å². The maximum atomic E-state index is 13.0. The molecular weight excluding hydrogens is 318 g/mol. The Hall–Kier alpha value is -1.34. The predicted octanol–water partition coefficient (Wildman–Crippen LogP) is 2.94. The Bertz CT molecular complexity index is 668. The Morgan fingerprint density at radius 3 is 3.14 bits per heavy atom. The van der Waals surface area contributed by atoms with Crippen molar-refractivity contribution in [2.75, 3.05) is 18.1 Å². The van der Waals surface area contributed by atoms with Crippen molar-refractivity contribution in [3.05, 3.63) is 33.6 Å². The fraction of sp³-hybridized carbons (Fsp3) is 0.533. The van der Waals surface area contributed by atoms with E-state index in [9.17, 15) is 4.79 Å². The highest BCUT2D eigenvalue weighted by Crippen LogP contribution is 2.33. The number of carbonyl (C=O) groups excluding carboxylic acids is 1. The molecular formula is C15H17N3O2S2. The van der Waals surface area contributed by atoms with Crippen LogP contribution in [0.1, 0.15) is 45.7 Å². The topological polar surface area (TPSA) is 59.2 Å². The van der Waals surface area contributed by atoms with E-state index in [0.29, 0.717) is 5.76 Å². The largest absolute Gasteiger partial charge is 0.350 e. The first-order chi connectivity index (χ1) is 10.8. The summed E-state index contributed by atoms with van der Waals surface area (Å²) in [6, 6.07) is 0.0515. The van der Waals surface area contributed by atoms with Gasteiger partial charge in [0.25, 0.3) is 5.91 Å². The zero-order chi connectivity index (χ0) is 14.9. The van der Waals surface area contributed by atoms with Gasteiger partial charge in [-0.15, -0.1) is 11.3 Å². The van der Waals surface area contributed by atoms with Crippen molar-refractivity contribution in [3.8, 4) is 0 Å². The van der Waals surface area contributed by atoms with E-state index in [0.717, 1.165) is 60.0 Å². The predicted molar refractivity (Wildman–Crippen MR) is 86.4 cm³/mol. The number of hydrogen-bond acceptors (Lipinski definition) is 6. The quantitative estimate of drug-likeness (QED) is 0.844. The Morgan fingerprint density at radius 2 is 2.27 bits per heavy atom. The molecule has 1 amide bonds. The number of fused-ring (bicyclic) bond motifs is 1. The van der Waals surface area contributed by atoms with Gasteiger partial charge in [0.05, 0.1) is 11.7 Å². The molecule has 0 spiro atoms. The highest BCUT2D eigenvalue weighted by molar-refractivity contribution is 7.99. The first kappa shape index (κ1) is 14.3. The molecule has 7 heteroatoms. The van der Waals surface area contributed by atoms with Crippen LogP contribution in [0.5, 0.6) is 0 Å². The third-order valence-electron chi connectivity index (χ3n) is 4.28. The molecule has 0 radical (unpaired) electrons. The molecule has 2 aliphatic rings. The number of aromatic nitrogens is 2. The summed E-state index contributed by atoms with van der Waals surface area (Å²) in [7, 11) is 0. The number of carbonyl (C=O) groups is 1. The zero-order valence-corrected chi connectivity index (χ0v) is 13.8. The van der Waals surface area contributed by atoms with Gasteiger partial charge in [0.1, 0.15) is 5.01 Å². The molecule has 1 fully saturated rings. The van der Waals surface area contributed by atoms with E-state index in [4.69, 9.17) is 4.52 Å². The minimum atomic E-state index is -0.0175. The Labute approximate surface area is 137 Å². The molecule has 0 aromatic carbocycles. The molecule has 0 N–H and O–H groups in total. The number of thiazole rings is 1. The second-order valence-electron chi connectivity index (χ2n) is 5.60. The first-order valence-corrected chi connectivity index (χ1v) is 9.63. The van der Waals surface area contributed by atoms with Crippen LogP contribution in [0.4, 0.5) is 0 Å². The summed E-state index contributed by atoms with van der Waals surface area (Å²) in [4.78, 5) is 19.3. The van der Waals surface area contributed by atoms with Crippen LogP contribution in [-0.2, 0) is 12.8 Å². The summed E-state index contributed by atoms with van der Waals surface area (Å²) in [5.74, 6) is 2.30. The highest BCUT2D eigenvalue weighted by atomic mass is 32.2. The summed E-state index contributed by atoms with van der Waals surface area (Å²) in [5.41, 5.74) is 2.01. The zero-order valence-electron chi connectivity index (χ0n) is 12.2. The van der Waals surface area contributed by atoms with Gasteiger partial charge in [-0.25, -0.2) is 4.98 Å². The summed E-state index contributed by atoms with van der Waals surface area (Å²) in [6.45, 7) is 0.739. The van der Waals surface area contributed by atoms with Gasteiger partial charge in [-0.3, -0.25) is 4.79 Å². The van der Waals surface area contributed by atoms with Crippen LogP contribution in [-0.4, -0.2) is 39.0 Å². The number of hydrogen-bond donors (Lipinski definition) is 0. The maximum Gasteiger partial charge on any atom is 0.293 e. The van der Waals surface area contributed by atoms with Crippen molar-refractivity contribution in [1.82, 2.24) is 15.0 Å². The normalized spacial score (nSPS) is 21.6. The Morgan fingerprint density at radius 1 is 1.36 bits per heavy atom. The van der Waals surface area contributed by atoms with E-state index in [1.54, 1.807) is 17.5 Å². The van der Waals surface area contributed by atoms with Crippen LogP contribution in [0.15, 0.2) is 16.1 Å². The van der Waals surface area contributed by atoms with Gasteiger partial charge in [-0.05, 0) is 25.7 Å². The van der Waals surface area contributed by atoms with Crippen molar-refractivity contribution >= 4 is 29.0 Å².